The van der Waals surface area contributed by atoms with Gasteiger partial charge in [-0.25, -0.2) is 4.79 Å². The minimum Gasteiger partial charge on any atom is -0.497 e. The minimum absolute atomic E-state index is 0.141. The summed E-state index contributed by atoms with van der Waals surface area (Å²) in [5, 5.41) is 6.80. The van der Waals surface area contributed by atoms with E-state index in [9.17, 15) is 4.79 Å². The van der Waals surface area contributed by atoms with Crippen LogP contribution in [0, 0.1) is 0 Å². The maximum atomic E-state index is 13.0. The maximum Gasteiger partial charge on any atom is 0.318 e. The first-order valence-corrected chi connectivity index (χ1v) is 11.3. The summed E-state index contributed by atoms with van der Waals surface area (Å²) in [6.07, 6.45) is 6.03. The molecule has 2 N–H and O–H groups in total. The van der Waals surface area contributed by atoms with E-state index in [0.717, 1.165) is 37.2 Å². The monoisotopic (exact) mass is 405 g/mol. The van der Waals surface area contributed by atoms with Gasteiger partial charge in [0.25, 0.3) is 0 Å². The Kier molecular flexibility index (Phi) is 5.38. The van der Waals surface area contributed by atoms with Gasteiger partial charge in [-0.1, -0.05) is 55.7 Å². The average molecular weight is 406 g/mol. The molecule has 0 aromatic heterocycles. The van der Waals surface area contributed by atoms with E-state index in [1.165, 1.54) is 30.4 Å². The number of hydrogen-bond acceptors (Lipinski definition) is 3. The van der Waals surface area contributed by atoms with Gasteiger partial charge in [0.05, 0.1) is 19.2 Å². The summed E-state index contributed by atoms with van der Waals surface area (Å²) in [6.45, 7) is 1.74. The summed E-state index contributed by atoms with van der Waals surface area (Å²) in [7, 11) is 1.70. The normalized spacial score (nSPS) is 26.0. The molecule has 5 heteroatoms. The lowest BCUT2D eigenvalue weighted by atomic mass is 9.72. The number of ether oxygens (including phenoxy) is 1. The summed E-state index contributed by atoms with van der Waals surface area (Å²) in [5.41, 5.74) is 3.68. The van der Waals surface area contributed by atoms with E-state index in [1.807, 2.05) is 12.1 Å². The maximum absolute atomic E-state index is 13.0. The Hall–Kier alpha value is -2.53. The van der Waals surface area contributed by atoms with Crippen molar-refractivity contribution in [1.82, 2.24) is 15.5 Å². The number of nitrogens with zero attached hydrogens (tertiary/aromatic N) is 1. The number of benzene rings is 2. The van der Waals surface area contributed by atoms with Gasteiger partial charge in [-0.3, -0.25) is 0 Å². The van der Waals surface area contributed by atoms with E-state index in [4.69, 9.17) is 4.74 Å². The zero-order valence-corrected chi connectivity index (χ0v) is 17.6. The van der Waals surface area contributed by atoms with Gasteiger partial charge in [0.2, 0.25) is 0 Å². The number of nitrogens with one attached hydrogen (secondary N) is 2. The van der Waals surface area contributed by atoms with Crippen LogP contribution >= 0.6 is 0 Å². The molecule has 3 aliphatic rings. The summed E-state index contributed by atoms with van der Waals surface area (Å²) >= 11 is 0. The van der Waals surface area contributed by atoms with Gasteiger partial charge in [-0.05, 0) is 41.7 Å². The van der Waals surface area contributed by atoms with E-state index >= 15 is 0 Å². The third-order valence-electron chi connectivity index (χ3n) is 7.12. The van der Waals surface area contributed by atoms with E-state index in [2.05, 4.69) is 51.9 Å². The molecule has 3 atom stereocenters. The van der Waals surface area contributed by atoms with Gasteiger partial charge in [-0.2, -0.15) is 0 Å². The van der Waals surface area contributed by atoms with Gasteiger partial charge in [-0.15, -0.1) is 0 Å². The fraction of sp³-hybridized carbons (Fsp3) is 0.480. The number of urea groups is 1. The summed E-state index contributed by atoms with van der Waals surface area (Å²) in [5.74, 6) is 1.29. The Morgan fingerprint density at radius 2 is 1.73 bits per heavy atom. The Morgan fingerprint density at radius 1 is 1.00 bits per heavy atom. The lowest BCUT2D eigenvalue weighted by Crippen LogP contribution is -2.75. The molecule has 3 fully saturated rings. The number of hydrogen-bond donors (Lipinski definition) is 2. The molecule has 1 aliphatic carbocycles. The van der Waals surface area contributed by atoms with E-state index in [-0.39, 0.29) is 18.1 Å². The van der Waals surface area contributed by atoms with E-state index < -0.39 is 0 Å². The third kappa shape index (κ3) is 3.56. The molecule has 2 bridgehead atoms. The quantitative estimate of drug-likeness (QED) is 0.804. The molecular formula is C25H31N3O2. The van der Waals surface area contributed by atoms with Crippen LogP contribution in [0.25, 0.3) is 11.1 Å². The molecule has 5 rings (SSSR count). The Bertz CT molecular complexity index is 880. The number of rotatable bonds is 4. The average Bonchev–Trinajstić information content (AvgIpc) is 2.80. The first kappa shape index (κ1) is 19.4. The summed E-state index contributed by atoms with van der Waals surface area (Å²) in [6, 6.07) is 18.0. The van der Waals surface area contributed by atoms with Crippen molar-refractivity contribution in [2.75, 3.05) is 20.2 Å². The summed E-state index contributed by atoms with van der Waals surface area (Å²) in [4.78, 5) is 15.1. The Balaban J connectivity index is 1.28. The second-order valence-electron chi connectivity index (χ2n) is 8.86. The Morgan fingerprint density at radius 3 is 2.43 bits per heavy atom. The van der Waals surface area contributed by atoms with Gasteiger partial charge < -0.3 is 20.3 Å². The van der Waals surface area contributed by atoms with Crippen LogP contribution in [0.4, 0.5) is 4.79 Å². The number of piperazine rings is 1. The standard InChI is InChI=1S/C25H31N3O2/c1-30-21-9-5-6-19(14-21)17-10-12-18(13-11-17)24-22-15-26-16-23(24)28(22)25(29)27-20-7-3-2-4-8-20/h5-6,9-14,20,22-24,26H,2-4,7-8,15-16H2,1H3,(H,27,29)/t22-,23+,24?. The van der Waals surface area contributed by atoms with Crippen molar-refractivity contribution in [2.45, 2.75) is 56.1 Å². The topological polar surface area (TPSA) is 53.6 Å². The van der Waals surface area contributed by atoms with Gasteiger partial charge >= 0.3 is 6.03 Å². The van der Waals surface area contributed by atoms with Crippen LogP contribution in [0.5, 0.6) is 5.75 Å². The van der Waals surface area contributed by atoms with Crippen molar-refractivity contribution in [3.05, 3.63) is 54.1 Å². The molecule has 158 valence electrons. The predicted octanol–water partition coefficient (Wildman–Crippen LogP) is 4.14. The third-order valence-corrected chi connectivity index (χ3v) is 7.12. The first-order valence-electron chi connectivity index (χ1n) is 11.3. The van der Waals surface area contributed by atoms with Crippen LogP contribution in [0.3, 0.4) is 0 Å². The number of carbonyl (C=O) groups is 1. The second kappa shape index (κ2) is 8.31. The number of methoxy groups -OCH3 is 1. The SMILES string of the molecule is COc1cccc(-c2ccc(C3[C@H]4CNC[C@@H]3N4C(=O)NC3CCCCC3)cc2)c1. The fourth-order valence-electron chi connectivity index (χ4n) is 5.52. The van der Waals surface area contributed by atoms with E-state index in [1.54, 1.807) is 7.11 Å². The molecule has 0 spiro atoms. The number of carbonyl (C=O) groups excluding carboxylic acids is 1. The number of piperidine rings is 1. The zero-order chi connectivity index (χ0) is 20.5. The highest BCUT2D eigenvalue weighted by Gasteiger charge is 2.53. The largest absolute Gasteiger partial charge is 0.497 e. The predicted molar refractivity (Wildman–Crippen MR) is 119 cm³/mol. The summed E-state index contributed by atoms with van der Waals surface area (Å²) < 4.78 is 5.35. The van der Waals surface area contributed by atoms with Gasteiger partial charge in [0.1, 0.15) is 5.75 Å². The number of amides is 2. The molecular weight excluding hydrogens is 374 g/mol. The van der Waals surface area contributed by atoms with Gasteiger partial charge in [0, 0.05) is 25.0 Å². The first-order chi connectivity index (χ1) is 14.7. The zero-order valence-electron chi connectivity index (χ0n) is 17.6. The van der Waals surface area contributed by atoms with Crippen molar-refractivity contribution in [1.29, 1.82) is 0 Å². The van der Waals surface area contributed by atoms with Gasteiger partial charge in [0.15, 0.2) is 0 Å². The molecule has 1 unspecified atom stereocenters. The van der Waals surface area contributed by atoms with E-state index in [0.29, 0.717) is 12.0 Å². The Labute approximate surface area is 178 Å². The highest BCUT2D eigenvalue weighted by Crippen LogP contribution is 2.43. The molecule has 2 amide bonds. The molecule has 0 radical (unpaired) electrons. The molecule has 2 aromatic rings. The van der Waals surface area contributed by atoms with Crippen LogP contribution in [-0.2, 0) is 0 Å². The number of fused-ring (bicyclic) bond motifs is 2. The molecule has 5 nitrogen and oxygen atoms in total. The van der Waals surface area contributed by atoms with Crippen molar-refractivity contribution in [3.8, 4) is 16.9 Å². The lowest BCUT2D eigenvalue weighted by Gasteiger charge is -2.59. The second-order valence-corrected chi connectivity index (χ2v) is 8.86. The van der Waals surface area contributed by atoms with Crippen LogP contribution in [0.1, 0.15) is 43.6 Å². The van der Waals surface area contributed by atoms with Crippen molar-refractivity contribution in [2.24, 2.45) is 0 Å². The van der Waals surface area contributed by atoms with Crippen LogP contribution < -0.4 is 15.4 Å². The smallest absolute Gasteiger partial charge is 0.318 e. The van der Waals surface area contributed by atoms with Crippen LogP contribution in [0.15, 0.2) is 48.5 Å². The van der Waals surface area contributed by atoms with Crippen molar-refractivity contribution in [3.63, 3.8) is 0 Å². The highest BCUT2D eigenvalue weighted by atomic mass is 16.5. The van der Waals surface area contributed by atoms with Crippen molar-refractivity contribution >= 4 is 6.03 Å². The molecule has 2 aromatic carbocycles. The fourth-order valence-corrected chi connectivity index (χ4v) is 5.52. The molecule has 2 heterocycles. The number of likely N-dealkylation sites (tertiary alicyclic amines) is 1. The minimum atomic E-state index is 0.141. The van der Waals surface area contributed by atoms with Crippen LogP contribution in [0.2, 0.25) is 0 Å². The highest BCUT2D eigenvalue weighted by molar-refractivity contribution is 5.77. The van der Waals surface area contributed by atoms with Crippen LogP contribution in [-0.4, -0.2) is 49.3 Å². The molecule has 2 saturated heterocycles. The molecule has 2 aliphatic heterocycles. The van der Waals surface area contributed by atoms with Crippen molar-refractivity contribution < 1.29 is 9.53 Å². The molecule has 30 heavy (non-hydrogen) atoms. The molecule has 1 saturated carbocycles. The lowest BCUT2D eigenvalue weighted by molar-refractivity contribution is -0.00491.